The predicted molar refractivity (Wildman–Crippen MR) is 78.4 cm³/mol. The van der Waals surface area contributed by atoms with Crippen LogP contribution in [-0.4, -0.2) is 12.0 Å². The molecule has 1 N–H and O–H groups in total. The maximum absolute atomic E-state index is 10.7. The number of nitrogens with one attached hydrogen (secondary N) is 1. The van der Waals surface area contributed by atoms with Crippen LogP contribution in [0, 0.1) is 10.1 Å². The third-order valence-corrected chi connectivity index (χ3v) is 3.18. The lowest BCUT2D eigenvalue weighted by atomic mass is 10.2. The summed E-state index contributed by atoms with van der Waals surface area (Å²) in [4.78, 5) is 10.3. The lowest BCUT2D eigenvalue weighted by Gasteiger charge is -2.08. The van der Waals surface area contributed by atoms with Crippen LogP contribution < -0.4 is 10.1 Å². The van der Waals surface area contributed by atoms with Crippen molar-refractivity contribution in [3.05, 3.63) is 63.2 Å². The largest absolute Gasteiger partial charge is 0.497 e. The first-order chi connectivity index (χ1) is 9.60. The Morgan fingerprint density at radius 2 is 1.95 bits per heavy atom. The van der Waals surface area contributed by atoms with Crippen molar-refractivity contribution >= 4 is 23.0 Å². The van der Waals surface area contributed by atoms with Gasteiger partial charge in [0.1, 0.15) is 5.75 Å². The highest BCUT2D eigenvalue weighted by atomic mass is 35.5. The SMILES string of the molecule is COc1ccc(NCc2cc([N+](=O)[O-])ccc2Cl)cc1. The van der Waals surface area contributed by atoms with Crippen LogP contribution in [0.1, 0.15) is 5.56 Å². The van der Waals surface area contributed by atoms with E-state index in [2.05, 4.69) is 5.32 Å². The summed E-state index contributed by atoms with van der Waals surface area (Å²) in [5.74, 6) is 0.768. The number of rotatable bonds is 5. The fourth-order valence-corrected chi connectivity index (χ4v) is 1.90. The minimum atomic E-state index is -0.437. The van der Waals surface area contributed by atoms with Gasteiger partial charge < -0.3 is 10.1 Å². The summed E-state index contributed by atoms with van der Waals surface area (Å²) in [5, 5.41) is 14.4. The van der Waals surface area contributed by atoms with Crippen molar-refractivity contribution in [3.63, 3.8) is 0 Å². The van der Waals surface area contributed by atoms with Crippen molar-refractivity contribution in [2.24, 2.45) is 0 Å². The van der Waals surface area contributed by atoms with E-state index >= 15 is 0 Å². The average Bonchev–Trinajstić information content (AvgIpc) is 2.46. The van der Waals surface area contributed by atoms with E-state index in [1.807, 2.05) is 24.3 Å². The Hall–Kier alpha value is -2.27. The summed E-state index contributed by atoms with van der Waals surface area (Å²) in [6, 6.07) is 11.8. The van der Waals surface area contributed by atoms with Gasteiger partial charge in [-0.15, -0.1) is 0 Å². The topological polar surface area (TPSA) is 64.4 Å². The molecule has 0 saturated carbocycles. The second kappa shape index (κ2) is 6.25. The predicted octanol–water partition coefficient (Wildman–Crippen LogP) is 3.87. The average molecular weight is 293 g/mol. The van der Waals surface area contributed by atoms with Gasteiger partial charge in [-0.05, 0) is 35.9 Å². The van der Waals surface area contributed by atoms with E-state index in [4.69, 9.17) is 16.3 Å². The smallest absolute Gasteiger partial charge is 0.269 e. The second-order valence-electron chi connectivity index (χ2n) is 4.11. The summed E-state index contributed by atoms with van der Waals surface area (Å²) >= 11 is 6.03. The molecule has 0 bridgehead atoms. The van der Waals surface area contributed by atoms with Crippen molar-refractivity contribution in [2.45, 2.75) is 6.54 Å². The molecule has 0 saturated heterocycles. The number of nitro benzene ring substituents is 1. The molecule has 0 aliphatic rings. The monoisotopic (exact) mass is 292 g/mol. The van der Waals surface area contributed by atoms with Gasteiger partial charge in [-0.1, -0.05) is 11.6 Å². The zero-order valence-electron chi connectivity index (χ0n) is 10.8. The van der Waals surface area contributed by atoms with Crippen molar-refractivity contribution < 1.29 is 9.66 Å². The van der Waals surface area contributed by atoms with Crippen LogP contribution in [0.3, 0.4) is 0 Å². The van der Waals surface area contributed by atoms with Gasteiger partial charge in [0.15, 0.2) is 0 Å². The summed E-state index contributed by atoms with van der Waals surface area (Å²) in [6.45, 7) is 0.410. The molecule has 104 valence electrons. The number of non-ortho nitro benzene ring substituents is 1. The molecule has 5 nitrogen and oxygen atoms in total. The quantitative estimate of drug-likeness (QED) is 0.671. The van der Waals surface area contributed by atoms with Gasteiger partial charge >= 0.3 is 0 Å². The first-order valence-electron chi connectivity index (χ1n) is 5.91. The fraction of sp³-hybridized carbons (Fsp3) is 0.143. The number of hydrogen-bond donors (Lipinski definition) is 1. The van der Waals surface area contributed by atoms with Crippen molar-refractivity contribution in [1.82, 2.24) is 0 Å². The molecule has 0 amide bonds. The summed E-state index contributed by atoms with van der Waals surface area (Å²) in [7, 11) is 1.60. The zero-order valence-corrected chi connectivity index (χ0v) is 11.6. The Balaban J connectivity index is 2.09. The molecular weight excluding hydrogens is 280 g/mol. The highest BCUT2D eigenvalue weighted by Gasteiger charge is 2.09. The standard InChI is InChI=1S/C14H13ClN2O3/c1-20-13-5-2-11(3-6-13)16-9-10-8-12(17(18)19)4-7-14(10)15/h2-8,16H,9H2,1H3. The fourth-order valence-electron chi connectivity index (χ4n) is 1.72. The van der Waals surface area contributed by atoms with Crippen LogP contribution in [0.4, 0.5) is 11.4 Å². The van der Waals surface area contributed by atoms with Gasteiger partial charge in [0.25, 0.3) is 5.69 Å². The molecule has 2 aromatic carbocycles. The van der Waals surface area contributed by atoms with Crippen molar-refractivity contribution in [3.8, 4) is 5.75 Å². The molecule has 20 heavy (non-hydrogen) atoms. The zero-order chi connectivity index (χ0) is 14.5. The Kier molecular flexibility index (Phi) is 4.42. The van der Waals surface area contributed by atoms with Crippen LogP contribution in [0.2, 0.25) is 5.02 Å². The number of anilines is 1. The molecule has 0 unspecified atom stereocenters. The molecule has 0 fully saturated rings. The number of benzene rings is 2. The molecule has 0 aromatic heterocycles. The summed E-state index contributed by atoms with van der Waals surface area (Å²) < 4.78 is 5.07. The van der Waals surface area contributed by atoms with E-state index in [9.17, 15) is 10.1 Å². The van der Waals surface area contributed by atoms with E-state index < -0.39 is 4.92 Å². The minimum absolute atomic E-state index is 0.0286. The molecule has 2 aromatic rings. The van der Waals surface area contributed by atoms with E-state index in [0.717, 1.165) is 11.4 Å². The van der Waals surface area contributed by atoms with E-state index in [1.54, 1.807) is 7.11 Å². The van der Waals surface area contributed by atoms with Crippen LogP contribution in [0.15, 0.2) is 42.5 Å². The van der Waals surface area contributed by atoms with E-state index in [-0.39, 0.29) is 5.69 Å². The molecule has 0 heterocycles. The van der Waals surface area contributed by atoms with Gasteiger partial charge in [-0.25, -0.2) is 0 Å². The van der Waals surface area contributed by atoms with Gasteiger partial charge in [0.05, 0.1) is 12.0 Å². The van der Waals surface area contributed by atoms with Crippen molar-refractivity contribution in [1.29, 1.82) is 0 Å². The van der Waals surface area contributed by atoms with Crippen LogP contribution in [0.5, 0.6) is 5.75 Å². The Bertz CT molecular complexity index is 614. The number of halogens is 1. The van der Waals surface area contributed by atoms with Gasteiger partial charge in [-0.3, -0.25) is 10.1 Å². The van der Waals surface area contributed by atoms with Crippen molar-refractivity contribution in [2.75, 3.05) is 12.4 Å². The normalized spacial score (nSPS) is 10.1. The number of methoxy groups -OCH3 is 1. The number of hydrogen-bond acceptors (Lipinski definition) is 4. The Morgan fingerprint density at radius 3 is 2.55 bits per heavy atom. The number of ether oxygens (including phenoxy) is 1. The van der Waals surface area contributed by atoms with Gasteiger partial charge in [0, 0.05) is 29.4 Å². The molecule has 0 spiro atoms. The van der Waals surface area contributed by atoms with Gasteiger partial charge in [0.2, 0.25) is 0 Å². The Morgan fingerprint density at radius 1 is 1.25 bits per heavy atom. The molecule has 0 aliphatic carbocycles. The second-order valence-corrected chi connectivity index (χ2v) is 4.52. The number of nitro groups is 1. The maximum Gasteiger partial charge on any atom is 0.269 e. The van der Waals surface area contributed by atoms with Crippen LogP contribution in [0.25, 0.3) is 0 Å². The third-order valence-electron chi connectivity index (χ3n) is 2.81. The molecule has 0 aliphatic heterocycles. The highest BCUT2D eigenvalue weighted by Crippen LogP contribution is 2.23. The maximum atomic E-state index is 10.7. The highest BCUT2D eigenvalue weighted by molar-refractivity contribution is 6.31. The first-order valence-corrected chi connectivity index (χ1v) is 6.28. The molecule has 0 atom stereocenters. The molecule has 0 radical (unpaired) electrons. The molecule has 6 heteroatoms. The molecular formula is C14H13ClN2O3. The Labute approximate surface area is 121 Å². The summed E-state index contributed by atoms with van der Waals surface area (Å²) in [6.07, 6.45) is 0. The lowest BCUT2D eigenvalue weighted by molar-refractivity contribution is -0.384. The van der Waals surface area contributed by atoms with Crippen LogP contribution in [-0.2, 0) is 6.54 Å². The van der Waals surface area contributed by atoms with Gasteiger partial charge in [-0.2, -0.15) is 0 Å². The first kappa shape index (κ1) is 14.1. The summed E-state index contributed by atoms with van der Waals surface area (Å²) in [5.41, 5.74) is 1.59. The molecule has 2 rings (SSSR count). The lowest BCUT2D eigenvalue weighted by Crippen LogP contribution is -2.01. The third kappa shape index (κ3) is 3.39. The minimum Gasteiger partial charge on any atom is -0.497 e. The van der Waals surface area contributed by atoms with E-state index in [1.165, 1.54) is 18.2 Å². The van der Waals surface area contributed by atoms with E-state index in [0.29, 0.717) is 17.1 Å². The number of nitrogens with zero attached hydrogens (tertiary/aromatic N) is 1. The van der Waals surface area contributed by atoms with Crippen LogP contribution >= 0.6 is 11.6 Å².